The first-order valence-electron chi connectivity index (χ1n) is 18.4. The van der Waals surface area contributed by atoms with E-state index in [1.54, 1.807) is 29.2 Å². The molecule has 2 fully saturated rings. The number of carbonyl (C=O) groups is 2. The van der Waals surface area contributed by atoms with Gasteiger partial charge in [-0.15, -0.1) is 5.06 Å². The number of nitrogens with zero attached hydrogens (tertiary/aromatic N) is 2. The predicted octanol–water partition coefficient (Wildman–Crippen LogP) is 9.35. The Kier molecular flexibility index (Phi) is 11.9. The highest BCUT2D eigenvalue weighted by molar-refractivity contribution is 6.74. The maximum atomic E-state index is 14.2. The van der Waals surface area contributed by atoms with Gasteiger partial charge in [0, 0.05) is 30.9 Å². The average molecular weight is 758 g/mol. The second-order valence-corrected chi connectivity index (χ2v) is 20.3. The number of β-lactam (4-membered cyclic amide) rings is 1. The summed E-state index contributed by atoms with van der Waals surface area (Å²) < 4.78 is 41.7. The molecule has 0 radical (unpaired) electrons. The van der Waals surface area contributed by atoms with Crippen LogP contribution >= 0.6 is 0 Å². The van der Waals surface area contributed by atoms with Gasteiger partial charge >= 0.3 is 6.16 Å². The van der Waals surface area contributed by atoms with Gasteiger partial charge in [0.15, 0.2) is 8.32 Å². The first-order chi connectivity index (χ1) is 25.7. The molecule has 0 aromatic heterocycles. The van der Waals surface area contributed by atoms with Gasteiger partial charge < -0.3 is 29.3 Å². The first-order valence-corrected chi connectivity index (χ1v) is 21.3. The van der Waals surface area contributed by atoms with Gasteiger partial charge in [-0.25, -0.2) is 13.6 Å². The summed E-state index contributed by atoms with van der Waals surface area (Å²) in [6.45, 7) is 12.5. The molecule has 2 N–H and O–H groups in total. The van der Waals surface area contributed by atoms with Gasteiger partial charge in [-0.05, 0) is 90.1 Å². The van der Waals surface area contributed by atoms with Crippen LogP contribution in [0.4, 0.5) is 19.3 Å². The van der Waals surface area contributed by atoms with Crippen molar-refractivity contribution in [2.75, 3.05) is 24.5 Å². The molecule has 0 aliphatic carbocycles. The van der Waals surface area contributed by atoms with E-state index in [2.05, 4.69) is 39.2 Å². The van der Waals surface area contributed by atoms with E-state index < -0.39 is 38.3 Å². The molecular formula is C42H49F2N3O6Si. The van der Waals surface area contributed by atoms with Crippen LogP contribution in [0.15, 0.2) is 97.1 Å². The minimum absolute atomic E-state index is 0.0782. The monoisotopic (exact) mass is 757 g/mol. The highest BCUT2D eigenvalue weighted by atomic mass is 28.4. The Morgan fingerprint density at radius 1 is 0.963 bits per heavy atom. The van der Waals surface area contributed by atoms with Crippen LogP contribution < -0.4 is 15.0 Å². The normalized spacial score (nSPS) is 19.9. The quantitative estimate of drug-likeness (QED) is 0.103. The molecule has 0 spiro atoms. The third-order valence-corrected chi connectivity index (χ3v) is 15.4. The first kappa shape index (κ1) is 39.1. The van der Waals surface area contributed by atoms with Crippen molar-refractivity contribution in [2.24, 2.45) is 5.92 Å². The van der Waals surface area contributed by atoms with Gasteiger partial charge in [0.25, 0.3) is 0 Å². The van der Waals surface area contributed by atoms with Crippen molar-refractivity contribution >= 4 is 26.1 Å². The highest BCUT2D eigenvalue weighted by Gasteiger charge is 2.50. The summed E-state index contributed by atoms with van der Waals surface area (Å²) in [6.07, 6.45) is -0.781. The molecule has 2 aliphatic rings. The van der Waals surface area contributed by atoms with Crippen LogP contribution in [0, 0.1) is 17.6 Å². The van der Waals surface area contributed by atoms with Crippen LogP contribution in [0.2, 0.25) is 18.1 Å². The number of hydrogen-bond acceptors (Lipinski definition) is 7. The molecule has 4 aromatic rings. The molecule has 9 nitrogen and oxygen atoms in total. The van der Waals surface area contributed by atoms with Crippen LogP contribution in [0.3, 0.4) is 0 Å². The number of halogens is 2. The topological polar surface area (TPSA) is 101 Å². The van der Waals surface area contributed by atoms with E-state index in [0.29, 0.717) is 43.9 Å². The van der Waals surface area contributed by atoms with E-state index in [4.69, 9.17) is 14.0 Å². The lowest BCUT2D eigenvalue weighted by molar-refractivity contribution is -0.157. The lowest BCUT2D eigenvalue weighted by atomic mass is 9.77. The number of rotatable bonds is 13. The summed E-state index contributed by atoms with van der Waals surface area (Å²) in [7, 11) is -2.29. The largest absolute Gasteiger partial charge is 0.525 e. The molecule has 0 saturated carbocycles. The number of nitrogens with one attached hydrogen (secondary N) is 1. The van der Waals surface area contributed by atoms with Crippen molar-refractivity contribution in [3.05, 3.63) is 131 Å². The summed E-state index contributed by atoms with van der Waals surface area (Å²) in [5.74, 6) is -0.779. The van der Waals surface area contributed by atoms with Crippen LogP contribution in [0.1, 0.15) is 74.1 Å². The molecule has 4 unspecified atom stereocenters. The van der Waals surface area contributed by atoms with E-state index >= 15 is 0 Å². The summed E-state index contributed by atoms with van der Waals surface area (Å²) in [4.78, 5) is 32.7. The molecule has 0 bridgehead atoms. The molecule has 1 amide bonds. The van der Waals surface area contributed by atoms with Crippen LogP contribution in [0.25, 0.3) is 0 Å². The molecule has 4 aromatic carbocycles. The third kappa shape index (κ3) is 8.84. The van der Waals surface area contributed by atoms with Crippen molar-refractivity contribution < 1.29 is 37.5 Å². The highest BCUT2D eigenvalue weighted by Crippen LogP contribution is 2.50. The average Bonchev–Trinajstić information content (AvgIpc) is 3.13. The number of anilines is 1. The van der Waals surface area contributed by atoms with E-state index in [1.807, 2.05) is 48.5 Å². The van der Waals surface area contributed by atoms with Gasteiger partial charge in [0.05, 0.1) is 24.1 Å². The van der Waals surface area contributed by atoms with Crippen LogP contribution in [-0.2, 0) is 20.7 Å². The Morgan fingerprint density at radius 3 is 2.28 bits per heavy atom. The van der Waals surface area contributed by atoms with Gasteiger partial charge in [-0.3, -0.25) is 4.79 Å². The zero-order valence-corrected chi connectivity index (χ0v) is 32.4. The fourth-order valence-electron chi connectivity index (χ4n) is 6.95. The Morgan fingerprint density at radius 2 is 1.63 bits per heavy atom. The van der Waals surface area contributed by atoms with Crippen LogP contribution in [0.5, 0.6) is 5.75 Å². The summed E-state index contributed by atoms with van der Waals surface area (Å²) >= 11 is 0. The van der Waals surface area contributed by atoms with Gasteiger partial charge in [-0.2, -0.15) is 0 Å². The lowest BCUT2D eigenvalue weighted by Gasteiger charge is -2.48. The van der Waals surface area contributed by atoms with E-state index in [0.717, 1.165) is 22.3 Å². The molecule has 54 heavy (non-hydrogen) atoms. The van der Waals surface area contributed by atoms with Crippen molar-refractivity contribution in [1.29, 1.82) is 0 Å². The number of hydrogen-bond donors (Lipinski definition) is 2. The van der Waals surface area contributed by atoms with Gasteiger partial charge in [0.2, 0.25) is 5.91 Å². The summed E-state index contributed by atoms with van der Waals surface area (Å²) in [6, 6.07) is 26.9. The van der Waals surface area contributed by atoms with Crippen molar-refractivity contribution in [3.8, 4) is 5.75 Å². The molecule has 2 heterocycles. The number of hydroxylamine groups is 2. The fraction of sp³-hybridized carbons (Fsp3) is 0.381. The van der Waals surface area contributed by atoms with Gasteiger partial charge in [-0.1, -0.05) is 75.4 Å². The summed E-state index contributed by atoms with van der Waals surface area (Å²) in [5.41, 5.74) is 3.91. The Balaban J connectivity index is 1.38. The molecule has 12 heteroatoms. The fourth-order valence-corrected chi connectivity index (χ4v) is 8.27. The maximum absolute atomic E-state index is 14.2. The van der Waals surface area contributed by atoms with Gasteiger partial charge in [0.1, 0.15) is 24.0 Å². The van der Waals surface area contributed by atoms with Crippen LogP contribution in [-0.4, -0.2) is 50.2 Å². The SMILES string of the molecule is CC(C)(C)[Si](C)(C)OC(CCC1C(=O)N(c2ccc(F)cc2)C1c1ccc(C2CNCCN2OC(=O)O)cc1OCc1ccccc1)c1ccc(F)cc1. The molecule has 6 rings (SSSR count). The lowest BCUT2D eigenvalue weighted by Crippen LogP contribution is -2.55. The zero-order chi connectivity index (χ0) is 38.6. The third-order valence-electron chi connectivity index (χ3n) is 10.9. The number of piperazine rings is 1. The number of ether oxygens (including phenoxy) is 1. The minimum Gasteiger partial charge on any atom is -0.489 e. The second-order valence-electron chi connectivity index (χ2n) is 15.5. The molecule has 4 atom stereocenters. The molecule has 2 aliphatic heterocycles. The maximum Gasteiger partial charge on any atom is 0.525 e. The molecule has 286 valence electrons. The van der Waals surface area contributed by atoms with Crippen molar-refractivity contribution in [2.45, 2.75) is 76.5 Å². The predicted molar refractivity (Wildman–Crippen MR) is 205 cm³/mol. The molecular weight excluding hydrogens is 709 g/mol. The van der Waals surface area contributed by atoms with E-state index in [-0.39, 0.29) is 29.5 Å². The number of amides is 1. The standard InChI is InChI=1S/C42H49F2N3O6Si/c1-42(2,3)54(4,5)53-37(29-11-14-31(43)15-12-29)22-21-35-39(47(40(35)48)33-18-16-32(44)17-19-33)34-20-13-30(36-26-45-23-24-46(36)52-41(49)50)25-38(34)51-27-28-9-7-6-8-10-28/h6-20,25,35-37,39,45H,21-24,26-27H2,1-5H3,(H,49,50). The summed E-state index contributed by atoms with van der Waals surface area (Å²) in [5, 5.41) is 14.1. The molecule has 2 saturated heterocycles. The minimum atomic E-state index is -2.29. The Labute approximate surface area is 316 Å². The van der Waals surface area contributed by atoms with Crippen molar-refractivity contribution in [1.82, 2.24) is 10.4 Å². The smallest absolute Gasteiger partial charge is 0.489 e. The second kappa shape index (κ2) is 16.4. The number of benzene rings is 4. The van der Waals surface area contributed by atoms with E-state index in [1.165, 1.54) is 29.3 Å². The zero-order valence-electron chi connectivity index (χ0n) is 31.4. The number of carboxylic acid groups (broad SMARTS) is 1. The Bertz CT molecular complexity index is 1910. The number of carbonyl (C=O) groups excluding carboxylic acids is 1. The van der Waals surface area contributed by atoms with E-state index in [9.17, 15) is 23.5 Å². The Hall–Kier alpha value is -4.62. The van der Waals surface area contributed by atoms with Crippen molar-refractivity contribution in [3.63, 3.8) is 0 Å².